The molecule has 0 aliphatic carbocycles. The lowest BCUT2D eigenvalue weighted by atomic mass is 10.1. The van der Waals surface area contributed by atoms with Crippen LogP contribution >= 0.6 is 0 Å². The normalized spacial score (nSPS) is 12.3. The standard InChI is InChI=1S/C22H18N4O3/c1-14-16(22(27)24-11-15-7-8-19-20(10-15)29-13-28-19)4-2-6-18(14)26-12-25-17-5-3-9-23-21(17)26/h2-10,12H,11,13H2,1H3,(H,24,27). The van der Waals surface area contributed by atoms with E-state index in [9.17, 15) is 4.79 Å². The Morgan fingerprint density at radius 3 is 2.93 bits per heavy atom. The zero-order chi connectivity index (χ0) is 19.8. The van der Waals surface area contributed by atoms with Gasteiger partial charge in [-0.25, -0.2) is 9.97 Å². The number of nitrogens with zero attached hydrogens (tertiary/aromatic N) is 3. The van der Waals surface area contributed by atoms with Crippen LogP contribution in [0.1, 0.15) is 21.5 Å². The fourth-order valence-electron chi connectivity index (χ4n) is 3.48. The lowest BCUT2D eigenvalue weighted by Crippen LogP contribution is -2.24. The summed E-state index contributed by atoms with van der Waals surface area (Å²) in [7, 11) is 0. The average Bonchev–Trinajstić information content (AvgIpc) is 3.39. The minimum absolute atomic E-state index is 0.139. The first kappa shape index (κ1) is 17.2. The molecular weight excluding hydrogens is 368 g/mol. The molecule has 0 spiro atoms. The second kappa shape index (κ2) is 6.94. The molecule has 0 fully saturated rings. The molecule has 1 amide bonds. The van der Waals surface area contributed by atoms with Crippen molar-refractivity contribution in [3.8, 4) is 17.2 Å². The minimum atomic E-state index is -0.139. The highest BCUT2D eigenvalue weighted by atomic mass is 16.7. The largest absolute Gasteiger partial charge is 0.454 e. The molecule has 0 saturated heterocycles. The third-order valence-corrected chi connectivity index (χ3v) is 5.01. The van der Waals surface area contributed by atoms with Crippen molar-refractivity contribution in [2.45, 2.75) is 13.5 Å². The van der Waals surface area contributed by atoms with Crippen LogP contribution < -0.4 is 14.8 Å². The van der Waals surface area contributed by atoms with Gasteiger partial charge >= 0.3 is 0 Å². The van der Waals surface area contributed by atoms with Crippen LogP contribution in [0.5, 0.6) is 11.5 Å². The summed E-state index contributed by atoms with van der Waals surface area (Å²) in [6.07, 6.45) is 3.46. The molecule has 29 heavy (non-hydrogen) atoms. The molecule has 3 heterocycles. The first-order chi connectivity index (χ1) is 14.2. The molecule has 1 aliphatic rings. The Hall–Kier alpha value is -3.87. The summed E-state index contributed by atoms with van der Waals surface area (Å²) in [5, 5.41) is 2.98. The van der Waals surface area contributed by atoms with Gasteiger partial charge < -0.3 is 14.8 Å². The van der Waals surface area contributed by atoms with Crippen molar-refractivity contribution in [2.75, 3.05) is 6.79 Å². The van der Waals surface area contributed by atoms with E-state index >= 15 is 0 Å². The summed E-state index contributed by atoms with van der Waals surface area (Å²) in [6.45, 7) is 2.56. The van der Waals surface area contributed by atoms with E-state index in [1.165, 1.54) is 0 Å². The first-order valence-electron chi connectivity index (χ1n) is 9.25. The van der Waals surface area contributed by atoms with Gasteiger partial charge in [-0.3, -0.25) is 9.36 Å². The maximum absolute atomic E-state index is 12.9. The zero-order valence-corrected chi connectivity index (χ0v) is 15.8. The van der Waals surface area contributed by atoms with Crippen LogP contribution in [0.4, 0.5) is 0 Å². The summed E-state index contributed by atoms with van der Waals surface area (Å²) in [5.74, 6) is 1.29. The van der Waals surface area contributed by atoms with Gasteiger partial charge in [0.15, 0.2) is 17.1 Å². The number of carbonyl (C=O) groups excluding carboxylic acids is 1. The summed E-state index contributed by atoms with van der Waals surface area (Å²) in [4.78, 5) is 21.7. The Labute approximate surface area is 166 Å². The third-order valence-electron chi connectivity index (χ3n) is 5.01. The SMILES string of the molecule is Cc1c(C(=O)NCc2ccc3c(c2)OCO3)cccc1-n1cnc2cccnc21. The van der Waals surface area contributed by atoms with E-state index in [-0.39, 0.29) is 12.7 Å². The zero-order valence-electron chi connectivity index (χ0n) is 15.8. The van der Waals surface area contributed by atoms with Crippen molar-refractivity contribution in [2.24, 2.45) is 0 Å². The van der Waals surface area contributed by atoms with Gasteiger partial charge in [0.2, 0.25) is 6.79 Å². The van der Waals surface area contributed by atoms with Crippen LogP contribution in [0, 0.1) is 6.92 Å². The Bertz CT molecular complexity index is 1230. The molecule has 144 valence electrons. The predicted octanol–water partition coefficient (Wildman–Crippen LogP) is 3.39. The van der Waals surface area contributed by atoms with Gasteiger partial charge in [-0.05, 0) is 54.4 Å². The van der Waals surface area contributed by atoms with E-state index in [1.54, 1.807) is 12.5 Å². The Morgan fingerprint density at radius 2 is 2.00 bits per heavy atom. The highest BCUT2D eigenvalue weighted by Crippen LogP contribution is 2.32. The highest BCUT2D eigenvalue weighted by Gasteiger charge is 2.16. The number of benzene rings is 2. The number of imidazole rings is 1. The topological polar surface area (TPSA) is 78.3 Å². The summed E-state index contributed by atoms with van der Waals surface area (Å²) >= 11 is 0. The predicted molar refractivity (Wildman–Crippen MR) is 107 cm³/mol. The van der Waals surface area contributed by atoms with E-state index in [0.29, 0.717) is 17.9 Å². The minimum Gasteiger partial charge on any atom is -0.454 e. The van der Waals surface area contributed by atoms with Gasteiger partial charge in [-0.1, -0.05) is 12.1 Å². The first-order valence-corrected chi connectivity index (χ1v) is 9.25. The Kier molecular flexibility index (Phi) is 4.13. The molecule has 5 rings (SSSR count). The lowest BCUT2D eigenvalue weighted by Gasteiger charge is -2.13. The van der Waals surface area contributed by atoms with E-state index in [1.807, 2.05) is 60.0 Å². The number of rotatable bonds is 4. The van der Waals surface area contributed by atoms with Gasteiger partial charge in [-0.15, -0.1) is 0 Å². The molecule has 2 aromatic carbocycles. The Morgan fingerprint density at radius 1 is 1.10 bits per heavy atom. The molecular formula is C22H18N4O3. The Balaban J connectivity index is 1.40. The van der Waals surface area contributed by atoms with E-state index < -0.39 is 0 Å². The van der Waals surface area contributed by atoms with Gasteiger partial charge in [-0.2, -0.15) is 0 Å². The van der Waals surface area contributed by atoms with Gasteiger partial charge in [0.25, 0.3) is 5.91 Å². The summed E-state index contributed by atoms with van der Waals surface area (Å²) in [5.41, 5.74) is 4.86. The van der Waals surface area contributed by atoms with Gasteiger partial charge in [0.1, 0.15) is 11.8 Å². The lowest BCUT2D eigenvalue weighted by molar-refractivity contribution is 0.0950. The number of aromatic nitrogens is 3. The highest BCUT2D eigenvalue weighted by molar-refractivity contribution is 5.96. The van der Waals surface area contributed by atoms with Crippen molar-refractivity contribution < 1.29 is 14.3 Å². The van der Waals surface area contributed by atoms with Crippen LogP contribution in [0.15, 0.2) is 61.1 Å². The van der Waals surface area contributed by atoms with Crippen molar-refractivity contribution in [3.05, 3.63) is 77.7 Å². The second-order valence-corrected chi connectivity index (χ2v) is 6.78. The van der Waals surface area contributed by atoms with Gasteiger partial charge in [0.05, 0.1) is 5.69 Å². The molecule has 1 aliphatic heterocycles. The number of hydrogen-bond donors (Lipinski definition) is 1. The van der Waals surface area contributed by atoms with Crippen molar-refractivity contribution >= 4 is 17.1 Å². The van der Waals surface area contributed by atoms with Crippen LogP contribution in [0.3, 0.4) is 0 Å². The quantitative estimate of drug-likeness (QED) is 0.582. The van der Waals surface area contributed by atoms with Crippen molar-refractivity contribution in [3.63, 3.8) is 0 Å². The van der Waals surface area contributed by atoms with E-state index in [0.717, 1.165) is 33.7 Å². The molecule has 0 unspecified atom stereocenters. The fraction of sp³-hybridized carbons (Fsp3) is 0.136. The molecule has 7 heteroatoms. The molecule has 0 bridgehead atoms. The third kappa shape index (κ3) is 3.06. The van der Waals surface area contributed by atoms with Crippen LogP contribution in [0.25, 0.3) is 16.9 Å². The van der Waals surface area contributed by atoms with Gasteiger partial charge in [0, 0.05) is 18.3 Å². The number of pyridine rings is 1. The van der Waals surface area contributed by atoms with E-state index in [2.05, 4.69) is 15.3 Å². The smallest absolute Gasteiger partial charge is 0.251 e. The number of amides is 1. The summed E-state index contributed by atoms with van der Waals surface area (Å²) < 4.78 is 12.6. The van der Waals surface area contributed by atoms with Crippen LogP contribution in [-0.2, 0) is 6.54 Å². The maximum atomic E-state index is 12.9. The average molecular weight is 386 g/mol. The van der Waals surface area contributed by atoms with Crippen LogP contribution in [0.2, 0.25) is 0 Å². The second-order valence-electron chi connectivity index (χ2n) is 6.78. The number of nitrogens with one attached hydrogen (secondary N) is 1. The number of hydrogen-bond acceptors (Lipinski definition) is 5. The molecule has 2 aromatic heterocycles. The number of carbonyl (C=O) groups is 1. The fourth-order valence-corrected chi connectivity index (χ4v) is 3.48. The summed E-state index contributed by atoms with van der Waals surface area (Å²) in [6, 6.07) is 15.1. The molecule has 4 aromatic rings. The molecule has 0 saturated carbocycles. The molecule has 7 nitrogen and oxygen atoms in total. The number of ether oxygens (including phenoxy) is 2. The molecule has 0 atom stereocenters. The van der Waals surface area contributed by atoms with Crippen molar-refractivity contribution in [1.29, 1.82) is 0 Å². The number of fused-ring (bicyclic) bond motifs is 2. The van der Waals surface area contributed by atoms with E-state index in [4.69, 9.17) is 9.47 Å². The molecule has 0 radical (unpaired) electrons. The molecule has 1 N–H and O–H groups in total. The van der Waals surface area contributed by atoms with Crippen LogP contribution in [-0.4, -0.2) is 27.2 Å². The van der Waals surface area contributed by atoms with Crippen molar-refractivity contribution in [1.82, 2.24) is 19.9 Å². The monoisotopic (exact) mass is 386 g/mol. The maximum Gasteiger partial charge on any atom is 0.251 e.